The third-order valence-electron chi connectivity index (χ3n) is 4.89. The molecule has 0 bridgehead atoms. The molecule has 0 unspecified atom stereocenters. The Bertz CT molecular complexity index is 1020. The molecule has 1 aliphatic rings. The molecule has 0 radical (unpaired) electrons. The number of hydrogen-bond acceptors (Lipinski definition) is 5. The average Bonchev–Trinajstić information content (AvgIpc) is 2.73. The first-order chi connectivity index (χ1) is 15.0. The summed E-state index contributed by atoms with van der Waals surface area (Å²) in [5.74, 6) is -1.06. The zero-order chi connectivity index (χ0) is 23.4. The molecule has 11 heteroatoms. The minimum absolute atomic E-state index is 0.113. The molecule has 1 aliphatic heterocycles. The molecule has 2 aromatic carbocycles. The van der Waals surface area contributed by atoms with Crippen molar-refractivity contribution >= 4 is 15.8 Å². The lowest BCUT2D eigenvalue weighted by Gasteiger charge is -2.31. The van der Waals surface area contributed by atoms with Gasteiger partial charge in [0, 0.05) is 19.5 Å². The maximum atomic E-state index is 12.9. The summed E-state index contributed by atoms with van der Waals surface area (Å²) in [6.07, 6.45) is -4.29. The molecule has 0 N–H and O–H groups in total. The van der Waals surface area contributed by atoms with Crippen molar-refractivity contribution in [3.05, 3.63) is 59.9 Å². The molecule has 2 aromatic rings. The minimum Gasteiger partial charge on any atom is -0.406 e. The van der Waals surface area contributed by atoms with Crippen molar-refractivity contribution in [1.82, 2.24) is 4.31 Å². The number of carbonyl (C=O) groups excluding carboxylic acids is 1. The number of halogens is 4. The highest BCUT2D eigenvalue weighted by Crippen LogP contribution is 2.26. The summed E-state index contributed by atoms with van der Waals surface area (Å²) in [7, 11) is -3.88. The molecule has 0 saturated carbocycles. The fourth-order valence-electron chi connectivity index (χ4n) is 3.29. The van der Waals surface area contributed by atoms with Crippen molar-refractivity contribution in [3.63, 3.8) is 0 Å². The quantitative estimate of drug-likeness (QED) is 0.545. The van der Waals surface area contributed by atoms with Gasteiger partial charge >= 0.3 is 6.36 Å². The molecule has 1 saturated heterocycles. The Morgan fingerprint density at radius 2 is 1.59 bits per heavy atom. The van der Waals surface area contributed by atoms with Crippen molar-refractivity contribution < 1.29 is 40.2 Å². The number of alkyl halides is 3. The van der Waals surface area contributed by atoms with Gasteiger partial charge in [0.2, 0.25) is 10.0 Å². The van der Waals surface area contributed by atoms with Gasteiger partial charge in [-0.1, -0.05) is 12.1 Å². The number of piperidine rings is 1. The van der Waals surface area contributed by atoms with E-state index in [1.165, 1.54) is 28.6 Å². The van der Waals surface area contributed by atoms with Gasteiger partial charge in [-0.2, -0.15) is 4.31 Å². The van der Waals surface area contributed by atoms with Crippen LogP contribution >= 0.6 is 0 Å². The van der Waals surface area contributed by atoms with E-state index in [9.17, 15) is 30.8 Å². The van der Waals surface area contributed by atoms with Crippen molar-refractivity contribution in [3.8, 4) is 5.75 Å². The van der Waals surface area contributed by atoms with E-state index in [0.29, 0.717) is 18.4 Å². The third-order valence-corrected chi connectivity index (χ3v) is 6.80. The summed E-state index contributed by atoms with van der Waals surface area (Å²) in [6.45, 7) is 0.176. The van der Waals surface area contributed by atoms with E-state index < -0.39 is 22.1 Å². The fraction of sp³-hybridized carbons (Fsp3) is 0.381. The largest absolute Gasteiger partial charge is 0.573 e. The molecule has 3 rings (SSSR count). The van der Waals surface area contributed by atoms with Gasteiger partial charge < -0.3 is 9.47 Å². The zero-order valence-corrected chi connectivity index (χ0v) is 17.7. The summed E-state index contributed by atoms with van der Waals surface area (Å²) in [4.78, 5) is 11.9. The van der Waals surface area contributed by atoms with Crippen LogP contribution in [0.5, 0.6) is 5.75 Å². The Kier molecular flexibility index (Phi) is 7.52. The molecule has 0 spiro atoms. The predicted octanol–water partition coefficient (Wildman–Crippen LogP) is 3.71. The lowest BCUT2D eigenvalue weighted by atomic mass is 10.1. The molecule has 0 aliphatic carbocycles. The minimum atomic E-state index is -4.86. The first-order valence-corrected chi connectivity index (χ1v) is 11.2. The standard InChI is InChI=1S/C21H21F4NO5S/c22-16-3-1-15(2-4-16)13-17(27)14-30-18-9-11-26(12-10-18)32(28,29)20-7-5-19(6-8-20)31-21(23,24)25/h1-8,18H,9-14H2. The Hall–Kier alpha value is -2.50. The smallest absolute Gasteiger partial charge is 0.406 e. The van der Waals surface area contributed by atoms with Crippen LogP contribution in [-0.4, -0.2) is 50.7 Å². The Morgan fingerprint density at radius 1 is 1.00 bits per heavy atom. The van der Waals surface area contributed by atoms with Gasteiger partial charge in [0.1, 0.15) is 18.2 Å². The molecular weight excluding hydrogens is 454 g/mol. The second kappa shape index (κ2) is 9.97. The highest BCUT2D eigenvalue weighted by molar-refractivity contribution is 7.89. The molecule has 32 heavy (non-hydrogen) atoms. The van der Waals surface area contributed by atoms with Gasteiger partial charge in [0.15, 0.2) is 5.78 Å². The highest BCUT2D eigenvalue weighted by atomic mass is 32.2. The molecule has 0 atom stereocenters. The van der Waals surface area contributed by atoms with Gasteiger partial charge in [-0.15, -0.1) is 13.2 Å². The average molecular weight is 475 g/mol. The summed E-state index contributed by atoms with van der Waals surface area (Å²) < 4.78 is 85.7. The molecule has 1 fully saturated rings. The third kappa shape index (κ3) is 6.75. The number of hydrogen-bond donors (Lipinski definition) is 0. The summed E-state index contributed by atoms with van der Waals surface area (Å²) in [6, 6.07) is 9.62. The first kappa shape index (κ1) is 24.1. The second-order valence-corrected chi connectivity index (χ2v) is 9.21. The van der Waals surface area contributed by atoms with Crippen LogP contribution < -0.4 is 4.74 Å². The maximum absolute atomic E-state index is 12.9. The van der Waals surface area contributed by atoms with Gasteiger partial charge in [0.25, 0.3) is 0 Å². The molecular formula is C21H21F4NO5S. The topological polar surface area (TPSA) is 72.9 Å². The van der Waals surface area contributed by atoms with Crippen LogP contribution in [0.3, 0.4) is 0 Å². The van der Waals surface area contributed by atoms with Crippen LogP contribution in [-0.2, 0) is 26.0 Å². The normalized spacial score (nSPS) is 16.1. The van der Waals surface area contributed by atoms with Gasteiger partial charge in [-0.3, -0.25) is 4.79 Å². The SMILES string of the molecule is O=C(COC1CCN(S(=O)(=O)c2ccc(OC(F)(F)F)cc2)CC1)Cc1ccc(F)cc1. The van der Waals surface area contributed by atoms with Crippen molar-refractivity contribution in [2.24, 2.45) is 0 Å². The molecule has 1 heterocycles. The van der Waals surface area contributed by atoms with Crippen LogP contribution in [0.15, 0.2) is 53.4 Å². The number of nitrogens with zero attached hydrogens (tertiary/aromatic N) is 1. The number of sulfonamides is 1. The number of rotatable bonds is 8. The van der Waals surface area contributed by atoms with Crippen LogP contribution in [0.4, 0.5) is 17.6 Å². The second-order valence-electron chi connectivity index (χ2n) is 7.28. The molecule has 0 amide bonds. The van der Waals surface area contributed by atoms with Crippen LogP contribution in [0.1, 0.15) is 18.4 Å². The lowest BCUT2D eigenvalue weighted by Crippen LogP contribution is -2.41. The van der Waals surface area contributed by atoms with Crippen molar-refractivity contribution in [2.75, 3.05) is 19.7 Å². The summed E-state index contributed by atoms with van der Waals surface area (Å²) in [5, 5.41) is 0. The van der Waals surface area contributed by atoms with E-state index in [-0.39, 0.29) is 48.7 Å². The van der Waals surface area contributed by atoms with Gasteiger partial charge in [0.05, 0.1) is 11.0 Å². The predicted molar refractivity (Wildman–Crippen MR) is 106 cm³/mol. The van der Waals surface area contributed by atoms with E-state index in [0.717, 1.165) is 24.3 Å². The Labute approximate surface area is 182 Å². The summed E-state index contributed by atoms with van der Waals surface area (Å²) in [5.41, 5.74) is 0.674. The van der Waals surface area contributed by atoms with Gasteiger partial charge in [-0.25, -0.2) is 12.8 Å². The van der Waals surface area contributed by atoms with E-state index in [2.05, 4.69) is 4.74 Å². The van der Waals surface area contributed by atoms with Crippen LogP contribution in [0.25, 0.3) is 0 Å². The number of ketones is 1. The monoisotopic (exact) mass is 475 g/mol. The number of ether oxygens (including phenoxy) is 2. The number of carbonyl (C=O) groups is 1. The van der Waals surface area contributed by atoms with E-state index in [1.807, 2.05) is 0 Å². The number of Topliss-reactive ketones (excluding diaryl/α,β-unsaturated/α-hetero) is 1. The summed E-state index contributed by atoms with van der Waals surface area (Å²) >= 11 is 0. The Morgan fingerprint density at radius 3 is 2.16 bits per heavy atom. The van der Waals surface area contributed by atoms with Crippen molar-refractivity contribution in [1.29, 1.82) is 0 Å². The van der Waals surface area contributed by atoms with Crippen LogP contribution in [0.2, 0.25) is 0 Å². The van der Waals surface area contributed by atoms with E-state index >= 15 is 0 Å². The van der Waals surface area contributed by atoms with Crippen LogP contribution in [0, 0.1) is 5.82 Å². The molecule has 174 valence electrons. The molecule has 6 nitrogen and oxygen atoms in total. The van der Waals surface area contributed by atoms with E-state index in [1.54, 1.807) is 0 Å². The van der Waals surface area contributed by atoms with Crippen molar-refractivity contribution in [2.45, 2.75) is 36.6 Å². The zero-order valence-electron chi connectivity index (χ0n) is 16.8. The first-order valence-electron chi connectivity index (χ1n) is 9.77. The Balaban J connectivity index is 1.48. The molecule has 0 aromatic heterocycles. The maximum Gasteiger partial charge on any atom is 0.573 e. The van der Waals surface area contributed by atoms with E-state index in [4.69, 9.17) is 4.74 Å². The lowest BCUT2D eigenvalue weighted by molar-refractivity contribution is -0.274. The highest BCUT2D eigenvalue weighted by Gasteiger charge is 2.32. The number of benzene rings is 2. The van der Waals surface area contributed by atoms with Gasteiger partial charge in [-0.05, 0) is 54.8 Å². The fourth-order valence-corrected chi connectivity index (χ4v) is 4.76.